The fourth-order valence-corrected chi connectivity index (χ4v) is 2.54. The predicted molar refractivity (Wildman–Crippen MR) is 96.1 cm³/mol. The maximum atomic E-state index is 12.0. The standard InChI is InChI=1S/C18H17ClN2O5/c1-11-8-14(6-7-16(11)21(24)25)18(23)26-10-17(22)20-12(2)13-4-3-5-15(19)9-13/h3-9,12H,10H2,1-2H3,(H,20,22)/t12-/m1/s1. The summed E-state index contributed by atoms with van der Waals surface area (Å²) in [5.74, 6) is -1.20. The first-order chi connectivity index (χ1) is 12.3. The molecule has 0 unspecified atom stereocenters. The Morgan fingerprint density at radius 3 is 2.62 bits per heavy atom. The SMILES string of the molecule is Cc1cc(C(=O)OCC(=O)N[C@H](C)c2cccc(Cl)c2)ccc1[N+](=O)[O-]. The second-order valence-electron chi connectivity index (χ2n) is 5.68. The van der Waals surface area contributed by atoms with Crippen molar-refractivity contribution < 1.29 is 19.2 Å². The summed E-state index contributed by atoms with van der Waals surface area (Å²) in [6.07, 6.45) is 0. The molecule has 0 bridgehead atoms. The Bertz CT molecular complexity index is 853. The molecule has 0 aliphatic carbocycles. The van der Waals surface area contributed by atoms with Crippen LogP contribution in [0.5, 0.6) is 0 Å². The van der Waals surface area contributed by atoms with Gasteiger partial charge in [0.2, 0.25) is 0 Å². The molecule has 26 heavy (non-hydrogen) atoms. The third-order valence-electron chi connectivity index (χ3n) is 3.69. The smallest absolute Gasteiger partial charge is 0.338 e. The van der Waals surface area contributed by atoms with Gasteiger partial charge in [-0.2, -0.15) is 0 Å². The third-order valence-corrected chi connectivity index (χ3v) is 3.92. The summed E-state index contributed by atoms with van der Waals surface area (Å²) >= 11 is 5.92. The van der Waals surface area contributed by atoms with Gasteiger partial charge in [0.25, 0.3) is 11.6 Å². The van der Waals surface area contributed by atoms with Gasteiger partial charge in [-0.25, -0.2) is 4.79 Å². The number of nitrogens with zero attached hydrogens (tertiary/aromatic N) is 1. The minimum absolute atomic E-state index is 0.0883. The first-order valence-corrected chi connectivity index (χ1v) is 8.12. The highest BCUT2D eigenvalue weighted by atomic mass is 35.5. The van der Waals surface area contributed by atoms with Crippen molar-refractivity contribution in [2.75, 3.05) is 6.61 Å². The molecule has 0 heterocycles. The Hall–Kier alpha value is -2.93. The molecular formula is C18H17ClN2O5. The molecule has 136 valence electrons. The maximum absolute atomic E-state index is 12.0. The number of carbonyl (C=O) groups is 2. The van der Waals surface area contributed by atoms with E-state index in [1.54, 1.807) is 25.1 Å². The first kappa shape index (κ1) is 19.4. The molecule has 1 atom stereocenters. The highest BCUT2D eigenvalue weighted by molar-refractivity contribution is 6.30. The van der Waals surface area contributed by atoms with Crippen LogP contribution in [0, 0.1) is 17.0 Å². The predicted octanol–water partition coefficient (Wildman–Crippen LogP) is 3.59. The summed E-state index contributed by atoms with van der Waals surface area (Å²) in [4.78, 5) is 34.2. The van der Waals surface area contributed by atoms with Crippen molar-refractivity contribution in [3.63, 3.8) is 0 Å². The van der Waals surface area contributed by atoms with E-state index in [0.29, 0.717) is 10.6 Å². The van der Waals surface area contributed by atoms with Gasteiger partial charge in [0.15, 0.2) is 6.61 Å². The van der Waals surface area contributed by atoms with E-state index in [0.717, 1.165) is 5.56 Å². The average molecular weight is 377 g/mol. The lowest BCUT2D eigenvalue weighted by atomic mass is 10.1. The lowest BCUT2D eigenvalue weighted by Gasteiger charge is -2.14. The van der Waals surface area contributed by atoms with E-state index in [1.807, 2.05) is 6.07 Å². The molecule has 0 radical (unpaired) electrons. The largest absolute Gasteiger partial charge is 0.452 e. The van der Waals surface area contributed by atoms with Gasteiger partial charge in [0.1, 0.15) is 0 Å². The number of esters is 1. The van der Waals surface area contributed by atoms with E-state index in [9.17, 15) is 19.7 Å². The van der Waals surface area contributed by atoms with Crippen LogP contribution in [0.3, 0.4) is 0 Å². The minimum Gasteiger partial charge on any atom is -0.452 e. The van der Waals surface area contributed by atoms with Gasteiger partial charge in [0.05, 0.1) is 16.5 Å². The third kappa shape index (κ3) is 5.03. The van der Waals surface area contributed by atoms with Gasteiger partial charge in [-0.3, -0.25) is 14.9 Å². The van der Waals surface area contributed by atoms with Gasteiger partial charge in [0, 0.05) is 16.7 Å². The Balaban J connectivity index is 1.91. The van der Waals surface area contributed by atoms with Gasteiger partial charge in [-0.1, -0.05) is 23.7 Å². The van der Waals surface area contributed by atoms with Gasteiger partial charge < -0.3 is 10.1 Å². The molecule has 0 aromatic heterocycles. The lowest BCUT2D eigenvalue weighted by molar-refractivity contribution is -0.385. The van der Waals surface area contributed by atoms with Gasteiger partial charge >= 0.3 is 5.97 Å². The zero-order chi connectivity index (χ0) is 19.3. The number of hydrogen-bond acceptors (Lipinski definition) is 5. The number of aryl methyl sites for hydroxylation is 1. The topological polar surface area (TPSA) is 98.5 Å². The molecule has 2 aromatic rings. The number of carbonyl (C=O) groups excluding carboxylic acids is 2. The number of halogens is 1. The van der Waals surface area contributed by atoms with Crippen LogP contribution in [-0.4, -0.2) is 23.4 Å². The van der Waals surface area contributed by atoms with Crippen molar-refractivity contribution in [2.24, 2.45) is 0 Å². The Kier molecular flexibility index (Phi) is 6.30. The second kappa shape index (κ2) is 8.44. The molecular weight excluding hydrogens is 360 g/mol. The van der Waals surface area contributed by atoms with Gasteiger partial charge in [-0.05, 0) is 43.7 Å². The summed E-state index contributed by atoms with van der Waals surface area (Å²) in [7, 11) is 0. The lowest BCUT2D eigenvalue weighted by Crippen LogP contribution is -2.31. The number of nitro benzene ring substituents is 1. The maximum Gasteiger partial charge on any atom is 0.338 e. The number of amides is 1. The summed E-state index contributed by atoms with van der Waals surface area (Å²) in [6, 6.07) is 10.6. The zero-order valence-electron chi connectivity index (χ0n) is 14.2. The summed E-state index contributed by atoms with van der Waals surface area (Å²) < 4.78 is 4.96. The molecule has 7 nitrogen and oxygen atoms in total. The summed E-state index contributed by atoms with van der Waals surface area (Å²) in [6.45, 7) is 2.85. The van der Waals surface area contributed by atoms with Crippen LogP contribution in [0.2, 0.25) is 5.02 Å². The van der Waals surface area contributed by atoms with Crippen LogP contribution in [0.25, 0.3) is 0 Å². The number of rotatable bonds is 6. The van der Waals surface area contributed by atoms with Crippen LogP contribution in [0.4, 0.5) is 5.69 Å². The van der Waals surface area contributed by atoms with E-state index in [4.69, 9.17) is 16.3 Å². The van der Waals surface area contributed by atoms with Crippen LogP contribution >= 0.6 is 11.6 Å². The normalized spacial score (nSPS) is 11.5. The van der Waals surface area contributed by atoms with Gasteiger partial charge in [-0.15, -0.1) is 0 Å². The zero-order valence-corrected chi connectivity index (χ0v) is 14.9. The van der Waals surface area contributed by atoms with E-state index < -0.39 is 23.4 Å². The molecule has 0 spiro atoms. The molecule has 0 saturated carbocycles. The van der Waals surface area contributed by atoms with Crippen molar-refractivity contribution in [2.45, 2.75) is 19.9 Å². The van der Waals surface area contributed by atoms with Crippen molar-refractivity contribution in [3.8, 4) is 0 Å². The second-order valence-corrected chi connectivity index (χ2v) is 6.12. The number of nitro groups is 1. The summed E-state index contributed by atoms with van der Waals surface area (Å²) in [5, 5.41) is 14.0. The van der Waals surface area contributed by atoms with E-state index in [-0.39, 0.29) is 17.3 Å². The van der Waals surface area contributed by atoms with Crippen molar-refractivity contribution >= 4 is 29.2 Å². The summed E-state index contributed by atoms with van der Waals surface area (Å²) in [5.41, 5.74) is 1.21. The molecule has 0 aliphatic rings. The fourth-order valence-electron chi connectivity index (χ4n) is 2.34. The highest BCUT2D eigenvalue weighted by Crippen LogP contribution is 2.19. The fraction of sp³-hybridized carbons (Fsp3) is 0.222. The van der Waals surface area contributed by atoms with E-state index in [1.165, 1.54) is 25.1 Å². The van der Waals surface area contributed by atoms with E-state index in [2.05, 4.69) is 5.32 Å². The number of hydrogen-bond donors (Lipinski definition) is 1. The number of benzene rings is 2. The molecule has 0 fully saturated rings. The van der Waals surface area contributed by atoms with Crippen molar-refractivity contribution in [3.05, 3.63) is 74.3 Å². The van der Waals surface area contributed by atoms with Crippen LogP contribution in [0.15, 0.2) is 42.5 Å². The molecule has 0 aliphatic heterocycles. The van der Waals surface area contributed by atoms with Crippen LogP contribution < -0.4 is 5.32 Å². The van der Waals surface area contributed by atoms with Crippen LogP contribution in [-0.2, 0) is 9.53 Å². The number of nitrogens with one attached hydrogen (secondary N) is 1. The first-order valence-electron chi connectivity index (χ1n) is 7.75. The van der Waals surface area contributed by atoms with Crippen LogP contribution in [0.1, 0.15) is 34.5 Å². The number of ether oxygens (including phenoxy) is 1. The van der Waals surface area contributed by atoms with Crippen molar-refractivity contribution in [1.29, 1.82) is 0 Å². The highest BCUT2D eigenvalue weighted by Gasteiger charge is 2.16. The Labute approximate surface area is 155 Å². The monoisotopic (exact) mass is 376 g/mol. The molecule has 2 aromatic carbocycles. The quantitative estimate of drug-likeness (QED) is 0.472. The molecule has 2 rings (SSSR count). The van der Waals surface area contributed by atoms with Crippen molar-refractivity contribution in [1.82, 2.24) is 5.32 Å². The molecule has 8 heteroatoms. The average Bonchev–Trinajstić information content (AvgIpc) is 2.59. The van der Waals surface area contributed by atoms with E-state index >= 15 is 0 Å². The Morgan fingerprint density at radius 1 is 1.27 bits per heavy atom. The molecule has 1 N–H and O–H groups in total. The minimum atomic E-state index is -0.728. The molecule has 0 saturated heterocycles. The molecule has 1 amide bonds. The Morgan fingerprint density at radius 2 is 2.00 bits per heavy atom.